The van der Waals surface area contributed by atoms with Crippen molar-refractivity contribution in [1.29, 1.82) is 0 Å². The molecule has 2 aromatic rings. The summed E-state index contributed by atoms with van der Waals surface area (Å²) in [5, 5.41) is 0.653. The summed E-state index contributed by atoms with van der Waals surface area (Å²) in [4.78, 5) is 31.0. The Labute approximate surface area is 210 Å². The molecule has 7 heteroatoms. The molecule has 0 radical (unpaired) electrons. The van der Waals surface area contributed by atoms with Crippen LogP contribution in [-0.4, -0.2) is 27.6 Å². The minimum absolute atomic E-state index is 0.147. The van der Waals surface area contributed by atoms with Crippen LogP contribution in [0.1, 0.15) is 50.7 Å². The zero-order valence-corrected chi connectivity index (χ0v) is 21.2. The molecule has 2 aliphatic rings. The van der Waals surface area contributed by atoms with E-state index in [0.717, 1.165) is 42.5 Å². The Balaban J connectivity index is 1.65. The van der Waals surface area contributed by atoms with Crippen LogP contribution in [0, 0.1) is 5.92 Å². The standard InChI is InChI=1S/C26H27ClN2O2S2/c1-3-5-8-17(4-2)15-29-25(31)23(33-26(29)32)22-20-9-6-7-10-21(20)28(24(22)30)16-18-11-13-19(27)14-12-18/h6-7,9-14,17H,3-5,8,15-16H2,1-2H3/b23-22-. The second kappa shape index (κ2) is 10.4. The lowest BCUT2D eigenvalue weighted by Crippen LogP contribution is -2.33. The molecule has 1 saturated heterocycles. The molecule has 0 aliphatic carbocycles. The summed E-state index contributed by atoms with van der Waals surface area (Å²) in [6.45, 7) is 5.35. The van der Waals surface area contributed by atoms with Gasteiger partial charge >= 0.3 is 0 Å². The van der Waals surface area contributed by atoms with Crippen molar-refractivity contribution in [1.82, 2.24) is 4.90 Å². The van der Waals surface area contributed by atoms with Gasteiger partial charge in [0.15, 0.2) is 0 Å². The van der Waals surface area contributed by atoms with Crippen LogP contribution in [0.25, 0.3) is 5.57 Å². The summed E-state index contributed by atoms with van der Waals surface area (Å²) in [7, 11) is 0. The molecule has 2 amide bonds. The Morgan fingerprint density at radius 3 is 2.42 bits per heavy atom. The number of para-hydroxylation sites is 1. The van der Waals surface area contributed by atoms with Gasteiger partial charge < -0.3 is 4.90 Å². The quantitative estimate of drug-likeness (QED) is 0.301. The van der Waals surface area contributed by atoms with Crippen molar-refractivity contribution in [2.75, 3.05) is 11.4 Å². The third-order valence-corrected chi connectivity index (χ3v) is 7.94. The number of benzene rings is 2. The molecule has 0 saturated carbocycles. The van der Waals surface area contributed by atoms with Crippen molar-refractivity contribution < 1.29 is 9.59 Å². The number of carbonyl (C=O) groups excluding carboxylic acids is 2. The highest BCUT2D eigenvalue weighted by Gasteiger charge is 2.42. The highest BCUT2D eigenvalue weighted by atomic mass is 35.5. The van der Waals surface area contributed by atoms with E-state index in [4.69, 9.17) is 23.8 Å². The van der Waals surface area contributed by atoms with E-state index in [2.05, 4.69) is 13.8 Å². The molecule has 0 bridgehead atoms. The monoisotopic (exact) mass is 498 g/mol. The molecular weight excluding hydrogens is 472 g/mol. The first-order valence-electron chi connectivity index (χ1n) is 11.4. The first kappa shape index (κ1) is 24.0. The molecule has 0 spiro atoms. The van der Waals surface area contributed by atoms with Gasteiger partial charge in [-0.1, -0.05) is 99.0 Å². The van der Waals surface area contributed by atoms with Gasteiger partial charge in [-0.25, -0.2) is 0 Å². The summed E-state index contributed by atoms with van der Waals surface area (Å²) < 4.78 is 0.541. The van der Waals surface area contributed by atoms with E-state index < -0.39 is 0 Å². The van der Waals surface area contributed by atoms with E-state index >= 15 is 0 Å². The number of thioether (sulfide) groups is 1. The van der Waals surface area contributed by atoms with Gasteiger partial charge in [0.05, 0.1) is 22.7 Å². The SMILES string of the molecule is CCCCC(CC)CN1C(=O)/C(=C2/C(=O)N(Cc3ccc(Cl)cc3)c3ccccc32)SC1=S. The van der Waals surface area contributed by atoms with Crippen molar-refractivity contribution in [3.05, 3.63) is 69.6 Å². The number of unbranched alkanes of at least 4 members (excludes halogenated alkanes) is 1. The number of rotatable bonds is 8. The molecule has 4 nitrogen and oxygen atoms in total. The number of nitrogens with zero attached hydrogens (tertiary/aromatic N) is 2. The number of anilines is 1. The van der Waals surface area contributed by atoms with E-state index in [0.29, 0.717) is 38.8 Å². The van der Waals surface area contributed by atoms with Crippen LogP contribution in [0.3, 0.4) is 0 Å². The first-order valence-corrected chi connectivity index (χ1v) is 13.0. The molecular formula is C26H27ClN2O2S2. The van der Waals surface area contributed by atoms with Gasteiger partial charge in [0.25, 0.3) is 11.8 Å². The van der Waals surface area contributed by atoms with Gasteiger partial charge in [-0.15, -0.1) is 0 Å². The predicted octanol–water partition coefficient (Wildman–Crippen LogP) is 6.67. The van der Waals surface area contributed by atoms with Crippen LogP contribution in [0.2, 0.25) is 5.02 Å². The van der Waals surface area contributed by atoms with Crippen LogP contribution in [0.15, 0.2) is 53.4 Å². The van der Waals surface area contributed by atoms with Crippen LogP contribution >= 0.6 is 35.6 Å². The fourth-order valence-corrected chi connectivity index (χ4v) is 5.78. The lowest BCUT2D eigenvalue weighted by Gasteiger charge is -2.21. The van der Waals surface area contributed by atoms with Gasteiger partial charge in [-0.05, 0) is 36.1 Å². The second-order valence-electron chi connectivity index (χ2n) is 8.44. The maximum Gasteiger partial charge on any atom is 0.267 e. The molecule has 2 heterocycles. The van der Waals surface area contributed by atoms with Crippen molar-refractivity contribution in [3.63, 3.8) is 0 Å². The number of carbonyl (C=O) groups is 2. The fraction of sp³-hybridized carbons (Fsp3) is 0.346. The summed E-state index contributed by atoms with van der Waals surface area (Å²) in [5.74, 6) is 0.0980. The van der Waals surface area contributed by atoms with Gasteiger partial charge in [-0.2, -0.15) is 0 Å². The van der Waals surface area contributed by atoms with Gasteiger partial charge in [0.2, 0.25) is 0 Å². The normalized spacial score (nSPS) is 18.9. The van der Waals surface area contributed by atoms with Crippen molar-refractivity contribution in [2.24, 2.45) is 5.92 Å². The fourth-order valence-electron chi connectivity index (χ4n) is 4.31. The summed E-state index contributed by atoms with van der Waals surface area (Å²) in [6, 6.07) is 15.1. The third kappa shape index (κ3) is 4.88. The Hall–Kier alpha value is -2.15. The molecule has 1 atom stereocenters. The van der Waals surface area contributed by atoms with Crippen molar-refractivity contribution in [3.8, 4) is 0 Å². The molecule has 4 rings (SSSR count). The van der Waals surface area contributed by atoms with Gasteiger partial charge in [-0.3, -0.25) is 14.5 Å². The van der Waals surface area contributed by atoms with E-state index in [1.807, 2.05) is 48.5 Å². The minimum atomic E-state index is -0.162. The third-order valence-electron chi connectivity index (χ3n) is 6.24. The Kier molecular flexibility index (Phi) is 7.57. The number of amides is 2. The highest BCUT2D eigenvalue weighted by molar-refractivity contribution is 8.26. The van der Waals surface area contributed by atoms with Gasteiger partial charge in [0, 0.05) is 17.1 Å². The summed E-state index contributed by atoms with van der Waals surface area (Å²) >= 11 is 12.9. The smallest absolute Gasteiger partial charge is 0.267 e. The lowest BCUT2D eigenvalue weighted by atomic mass is 9.98. The van der Waals surface area contributed by atoms with E-state index in [-0.39, 0.29) is 11.8 Å². The number of hydrogen-bond acceptors (Lipinski definition) is 4. The van der Waals surface area contributed by atoms with Crippen LogP contribution in [-0.2, 0) is 16.1 Å². The average molecular weight is 499 g/mol. The summed E-state index contributed by atoms with van der Waals surface area (Å²) in [5.41, 5.74) is 3.03. The zero-order chi connectivity index (χ0) is 23.5. The van der Waals surface area contributed by atoms with Crippen LogP contribution in [0.4, 0.5) is 5.69 Å². The molecule has 2 aliphatic heterocycles. The second-order valence-corrected chi connectivity index (χ2v) is 10.5. The molecule has 0 aromatic heterocycles. The van der Waals surface area contributed by atoms with Crippen molar-refractivity contribution >= 4 is 63.0 Å². The number of thiocarbonyl (C=S) groups is 1. The molecule has 2 aromatic carbocycles. The number of hydrogen-bond donors (Lipinski definition) is 0. The highest BCUT2D eigenvalue weighted by Crippen LogP contribution is 2.45. The zero-order valence-electron chi connectivity index (χ0n) is 18.8. The Morgan fingerprint density at radius 1 is 1.00 bits per heavy atom. The maximum atomic E-state index is 13.6. The average Bonchev–Trinajstić information content (AvgIpc) is 3.25. The summed E-state index contributed by atoms with van der Waals surface area (Å²) in [6.07, 6.45) is 4.35. The molecule has 1 unspecified atom stereocenters. The minimum Gasteiger partial charge on any atom is -0.303 e. The van der Waals surface area contributed by atoms with Crippen LogP contribution < -0.4 is 4.90 Å². The predicted molar refractivity (Wildman–Crippen MR) is 141 cm³/mol. The molecule has 0 N–H and O–H groups in total. The number of fused-ring (bicyclic) bond motifs is 1. The Morgan fingerprint density at radius 2 is 1.73 bits per heavy atom. The van der Waals surface area contributed by atoms with E-state index in [9.17, 15) is 9.59 Å². The van der Waals surface area contributed by atoms with Gasteiger partial charge in [0.1, 0.15) is 4.32 Å². The van der Waals surface area contributed by atoms with E-state index in [1.54, 1.807) is 9.80 Å². The van der Waals surface area contributed by atoms with Crippen LogP contribution in [0.5, 0.6) is 0 Å². The largest absolute Gasteiger partial charge is 0.303 e. The molecule has 172 valence electrons. The maximum absolute atomic E-state index is 13.6. The molecule has 1 fully saturated rings. The lowest BCUT2D eigenvalue weighted by molar-refractivity contribution is -0.123. The first-order chi connectivity index (χ1) is 15.9. The van der Waals surface area contributed by atoms with E-state index in [1.165, 1.54) is 11.8 Å². The van der Waals surface area contributed by atoms with Crippen molar-refractivity contribution in [2.45, 2.75) is 46.1 Å². The topological polar surface area (TPSA) is 40.6 Å². The Bertz CT molecular complexity index is 1110. The molecule has 33 heavy (non-hydrogen) atoms. The number of halogens is 1.